The third-order valence-corrected chi connectivity index (χ3v) is 1.58. The summed E-state index contributed by atoms with van der Waals surface area (Å²) in [6.45, 7) is 7.97. The van der Waals surface area contributed by atoms with E-state index >= 15 is 0 Å². The van der Waals surface area contributed by atoms with Gasteiger partial charge < -0.3 is 0 Å². The van der Waals surface area contributed by atoms with E-state index in [0.29, 0.717) is 11.4 Å². The second kappa shape index (κ2) is 6.89. The van der Waals surface area contributed by atoms with Crippen LogP contribution in [-0.2, 0) is 0 Å². The first-order valence-electron chi connectivity index (χ1n) is 4.98. The zero-order chi connectivity index (χ0) is 11.8. The van der Waals surface area contributed by atoms with Crippen molar-refractivity contribution in [1.82, 2.24) is 15.4 Å². The maximum Gasteiger partial charge on any atom is 0.268 e. The molecule has 0 radical (unpaired) electrons. The highest BCUT2D eigenvalue weighted by atomic mass is 16.2. The van der Waals surface area contributed by atoms with Gasteiger partial charge in [-0.05, 0) is 0 Å². The lowest BCUT2D eigenvalue weighted by Crippen LogP contribution is -2.30. The van der Waals surface area contributed by atoms with Gasteiger partial charge in [0.1, 0.15) is 5.82 Å². The molecule has 84 valence electrons. The van der Waals surface area contributed by atoms with Crippen LogP contribution < -0.4 is 11.3 Å². The molecule has 0 fully saturated rings. The molecule has 5 nitrogen and oxygen atoms in total. The molecule has 3 N–H and O–H groups in total. The third-order valence-electron chi connectivity index (χ3n) is 1.58. The van der Waals surface area contributed by atoms with Crippen molar-refractivity contribution in [2.45, 2.75) is 33.6 Å². The van der Waals surface area contributed by atoms with Crippen molar-refractivity contribution in [3.05, 3.63) is 23.8 Å². The fraction of sp³-hybridized carbons (Fsp3) is 0.500. The van der Waals surface area contributed by atoms with Gasteiger partial charge in [-0.1, -0.05) is 27.7 Å². The van der Waals surface area contributed by atoms with Gasteiger partial charge in [0.15, 0.2) is 0 Å². The van der Waals surface area contributed by atoms with E-state index in [4.69, 9.17) is 5.84 Å². The maximum absolute atomic E-state index is 11.0. The SMILES string of the molecule is CC.CC(C)c1ncc(C(=O)NN)cn1. The van der Waals surface area contributed by atoms with E-state index in [1.807, 2.05) is 33.1 Å². The Labute approximate surface area is 90.1 Å². The summed E-state index contributed by atoms with van der Waals surface area (Å²) in [6.07, 6.45) is 2.93. The minimum atomic E-state index is -0.379. The van der Waals surface area contributed by atoms with Crippen molar-refractivity contribution in [2.75, 3.05) is 0 Å². The predicted molar refractivity (Wildman–Crippen MR) is 59.1 cm³/mol. The lowest BCUT2D eigenvalue weighted by molar-refractivity contribution is 0.0953. The highest BCUT2D eigenvalue weighted by Gasteiger charge is 2.06. The van der Waals surface area contributed by atoms with Crippen LogP contribution in [0.4, 0.5) is 0 Å². The molecule has 0 spiro atoms. The van der Waals surface area contributed by atoms with Crippen LogP contribution >= 0.6 is 0 Å². The molecule has 1 rings (SSSR count). The number of hydrazine groups is 1. The summed E-state index contributed by atoms with van der Waals surface area (Å²) in [7, 11) is 0. The number of carbonyl (C=O) groups is 1. The van der Waals surface area contributed by atoms with E-state index in [-0.39, 0.29) is 11.8 Å². The summed E-state index contributed by atoms with van der Waals surface area (Å²) in [4.78, 5) is 19.0. The second-order valence-corrected chi connectivity index (χ2v) is 2.96. The lowest BCUT2D eigenvalue weighted by Gasteiger charge is -2.03. The van der Waals surface area contributed by atoms with Crippen molar-refractivity contribution < 1.29 is 4.79 Å². The van der Waals surface area contributed by atoms with Crippen LogP contribution in [0.5, 0.6) is 0 Å². The number of amides is 1. The van der Waals surface area contributed by atoms with Crippen molar-refractivity contribution >= 4 is 5.91 Å². The van der Waals surface area contributed by atoms with E-state index in [2.05, 4.69) is 9.97 Å². The summed E-state index contributed by atoms with van der Waals surface area (Å²) < 4.78 is 0. The molecule has 0 saturated carbocycles. The summed E-state index contributed by atoms with van der Waals surface area (Å²) in [6, 6.07) is 0. The number of nitrogens with two attached hydrogens (primary N) is 1. The molecule has 1 aromatic rings. The monoisotopic (exact) mass is 210 g/mol. The Morgan fingerprint density at radius 2 is 1.80 bits per heavy atom. The number of hydrogen-bond acceptors (Lipinski definition) is 4. The number of nitrogen functional groups attached to an aromatic ring is 1. The molecule has 1 heterocycles. The molecular weight excluding hydrogens is 192 g/mol. The first-order chi connectivity index (χ1) is 7.15. The van der Waals surface area contributed by atoms with Gasteiger partial charge in [-0.15, -0.1) is 0 Å². The van der Waals surface area contributed by atoms with Crippen molar-refractivity contribution in [3.8, 4) is 0 Å². The molecule has 0 saturated heterocycles. The van der Waals surface area contributed by atoms with Crippen LogP contribution in [0.2, 0.25) is 0 Å². The Hall–Kier alpha value is -1.49. The van der Waals surface area contributed by atoms with Gasteiger partial charge in [-0.3, -0.25) is 10.2 Å². The van der Waals surface area contributed by atoms with Gasteiger partial charge >= 0.3 is 0 Å². The van der Waals surface area contributed by atoms with Crippen LogP contribution in [0.25, 0.3) is 0 Å². The molecule has 0 bridgehead atoms. The number of nitrogens with one attached hydrogen (secondary N) is 1. The van der Waals surface area contributed by atoms with Gasteiger partial charge in [0.05, 0.1) is 5.56 Å². The average molecular weight is 210 g/mol. The first kappa shape index (κ1) is 13.5. The van der Waals surface area contributed by atoms with E-state index in [9.17, 15) is 4.79 Å². The summed E-state index contributed by atoms with van der Waals surface area (Å²) in [5.41, 5.74) is 2.38. The van der Waals surface area contributed by atoms with Crippen LogP contribution in [0.3, 0.4) is 0 Å². The molecule has 1 amide bonds. The maximum atomic E-state index is 11.0. The Balaban J connectivity index is 0.000000921. The van der Waals surface area contributed by atoms with E-state index in [0.717, 1.165) is 0 Å². The second-order valence-electron chi connectivity index (χ2n) is 2.96. The number of aromatic nitrogens is 2. The van der Waals surface area contributed by atoms with Gasteiger partial charge in [0.25, 0.3) is 5.91 Å². The third kappa shape index (κ3) is 4.03. The molecule has 0 atom stereocenters. The van der Waals surface area contributed by atoms with Gasteiger partial charge in [0, 0.05) is 18.3 Å². The van der Waals surface area contributed by atoms with E-state index in [1.165, 1.54) is 12.4 Å². The Morgan fingerprint density at radius 1 is 1.33 bits per heavy atom. The molecule has 15 heavy (non-hydrogen) atoms. The topological polar surface area (TPSA) is 80.9 Å². The van der Waals surface area contributed by atoms with E-state index in [1.54, 1.807) is 0 Å². The zero-order valence-corrected chi connectivity index (χ0v) is 9.61. The van der Waals surface area contributed by atoms with Crippen molar-refractivity contribution in [3.63, 3.8) is 0 Å². The number of rotatable bonds is 2. The Bertz CT molecular complexity index is 295. The molecule has 0 aliphatic heterocycles. The number of hydrogen-bond donors (Lipinski definition) is 2. The summed E-state index contributed by atoms with van der Waals surface area (Å²) >= 11 is 0. The Morgan fingerprint density at radius 3 is 2.13 bits per heavy atom. The highest BCUT2D eigenvalue weighted by molar-refractivity contribution is 5.93. The molecular formula is C10H18N4O. The molecule has 0 aliphatic carbocycles. The van der Waals surface area contributed by atoms with Crippen LogP contribution in [0.1, 0.15) is 49.8 Å². The largest absolute Gasteiger partial charge is 0.290 e. The van der Waals surface area contributed by atoms with Gasteiger partial charge in [0.2, 0.25) is 0 Å². The number of nitrogens with zero attached hydrogens (tertiary/aromatic N) is 2. The van der Waals surface area contributed by atoms with E-state index < -0.39 is 0 Å². The fourth-order valence-electron chi connectivity index (χ4n) is 0.837. The smallest absolute Gasteiger partial charge is 0.268 e. The van der Waals surface area contributed by atoms with Crippen molar-refractivity contribution in [1.29, 1.82) is 0 Å². The summed E-state index contributed by atoms with van der Waals surface area (Å²) in [5, 5.41) is 0. The molecule has 0 aromatic carbocycles. The summed E-state index contributed by atoms with van der Waals surface area (Å²) in [5.74, 6) is 5.54. The zero-order valence-electron chi connectivity index (χ0n) is 9.61. The quantitative estimate of drug-likeness (QED) is 0.437. The molecule has 5 heteroatoms. The number of carbonyl (C=O) groups excluding carboxylic acids is 1. The average Bonchev–Trinajstić information content (AvgIpc) is 2.31. The van der Waals surface area contributed by atoms with Crippen LogP contribution in [0.15, 0.2) is 12.4 Å². The minimum absolute atomic E-state index is 0.259. The molecule has 0 unspecified atom stereocenters. The van der Waals surface area contributed by atoms with Gasteiger partial charge in [-0.2, -0.15) is 0 Å². The predicted octanol–water partition coefficient (Wildman–Crippen LogP) is 1.23. The fourth-order valence-corrected chi connectivity index (χ4v) is 0.837. The van der Waals surface area contributed by atoms with Crippen LogP contribution in [0, 0.1) is 0 Å². The molecule has 1 aromatic heterocycles. The van der Waals surface area contributed by atoms with Crippen LogP contribution in [-0.4, -0.2) is 15.9 Å². The highest BCUT2D eigenvalue weighted by Crippen LogP contribution is 2.07. The minimum Gasteiger partial charge on any atom is -0.290 e. The molecule has 0 aliphatic rings. The standard InChI is InChI=1S/C8H12N4O.C2H6/c1-5(2)7-10-3-6(4-11-7)8(13)12-9;1-2/h3-5H,9H2,1-2H3,(H,12,13);1-2H3. The Kier molecular flexibility index (Phi) is 6.21. The lowest BCUT2D eigenvalue weighted by atomic mass is 10.2. The van der Waals surface area contributed by atoms with Crippen molar-refractivity contribution in [2.24, 2.45) is 5.84 Å². The van der Waals surface area contributed by atoms with Gasteiger partial charge in [-0.25, -0.2) is 15.8 Å². The normalized spacial score (nSPS) is 9.20. The first-order valence-corrected chi connectivity index (χ1v) is 4.98.